The summed E-state index contributed by atoms with van der Waals surface area (Å²) in [6.45, 7) is 1.32. The van der Waals surface area contributed by atoms with Crippen molar-refractivity contribution in [2.24, 2.45) is 5.73 Å². The minimum Gasteiger partial charge on any atom is -0.462 e. The van der Waals surface area contributed by atoms with Gasteiger partial charge in [-0.05, 0) is 19.1 Å². The lowest BCUT2D eigenvalue weighted by Crippen LogP contribution is -2.42. The maximum Gasteiger partial charge on any atom is 0.379 e. The topological polar surface area (TPSA) is 65.2 Å². The Morgan fingerprint density at radius 2 is 2.31 bits per heavy atom. The van der Waals surface area contributed by atoms with E-state index in [4.69, 9.17) is 5.73 Å². The smallest absolute Gasteiger partial charge is 0.379 e. The van der Waals surface area contributed by atoms with Crippen LogP contribution in [0.15, 0.2) is 24.4 Å². The second kappa shape index (κ2) is 4.98. The normalized spacial score (nSPS) is 13.2. The highest BCUT2D eigenvalue weighted by molar-refractivity contribution is 5.78. The number of halogens is 2. The van der Waals surface area contributed by atoms with Gasteiger partial charge in [0, 0.05) is 6.20 Å². The van der Waals surface area contributed by atoms with E-state index in [1.54, 1.807) is 6.07 Å². The Morgan fingerprint density at radius 3 is 2.81 bits per heavy atom. The average Bonchev–Trinajstić information content (AvgIpc) is 2.29. The van der Waals surface area contributed by atoms with Gasteiger partial charge in [-0.2, -0.15) is 8.78 Å². The molecule has 0 bridgehead atoms. The first-order chi connectivity index (χ1) is 7.50. The van der Waals surface area contributed by atoms with Gasteiger partial charge in [0.1, 0.15) is 6.04 Å². The first-order valence-electron chi connectivity index (χ1n) is 4.71. The largest absolute Gasteiger partial charge is 0.462 e. The van der Waals surface area contributed by atoms with Gasteiger partial charge < -0.3 is 10.5 Å². The number of pyridine rings is 1. The average molecular weight is 230 g/mol. The van der Waals surface area contributed by atoms with Crippen LogP contribution in [-0.2, 0) is 9.53 Å². The summed E-state index contributed by atoms with van der Waals surface area (Å²) in [6.07, 6.45) is 1.33. The summed E-state index contributed by atoms with van der Waals surface area (Å²) in [5, 5.41) is 0. The van der Waals surface area contributed by atoms with Crippen LogP contribution < -0.4 is 5.73 Å². The Morgan fingerprint density at radius 1 is 1.62 bits per heavy atom. The Balaban J connectivity index is 2.87. The Bertz CT molecular complexity index is 357. The number of nitrogens with two attached hydrogens (primary N) is 1. The second-order valence-corrected chi connectivity index (χ2v) is 3.08. The molecule has 0 spiro atoms. The summed E-state index contributed by atoms with van der Waals surface area (Å²) in [5.74, 6) is -5.40. The Kier molecular flexibility index (Phi) is 3.89. The minimum atomic E-state index is -3.77. The molecule has 0 radical (unpaired) electrons. The van der Waals surface area contributed by atoms with Crippen molar-refractivity contribution in [3.63, 3.8) is 0 Å². The molecule has 0 aromatic carbocycles. The number of ether oxygens (including phenoxy) is 1. The summed E-state index contributed by atoms with van der Waals surface area (Å²) in [5.41, 5.74) is 5.24. The van der Waals surface area contributed by atoms with Gasteiger partial charge in [-0.1, -0.05) is 6.07 Å². The van der Waals surface area contributed by atoms with E-state index >= 15 is 0 Å². The molecule has 88 valence electrons. The van der Waals surface area contributed by atoms with Crippen molar-refractivity contribution in [2.45, 2.75) is 18.9 Å². The van der Waals surface area contributed by atoms with Crippen molar-refractivity contribution in [1.29, 1.82) is 0 Å². The van der Waals surface area contributed by atoms with Crippen LogP contribution in [0.1, 0.15) is 18.7 Å². The number of carbonyl (C=O) groups excluding carboxylic acids is 1. The van der Waals surface area contributed by atoms with Crippen molar-refractivity contribution >= 4 is 5.97 Å². The molecule has 1 aromatic rings. The summed E-state index contributed by atoms with van der Waals surface area (Å²) in [4.78, 5) is 14.7. The molecule has 0 aliphatic rings. The third kappa shape index (κ3) is 2.52. The van der Waals surface area contributed by atoms with Crippen LogP contribution in [0.4, 0.5) is 8.78 Å². The first kappa shape index (κ1) is 12.5. The van der Waals surface area contributed by atoms with E-state index in [9.17, 15) is 13.6 Å². The molecule has 1 rings (SSSR count). The molecule has 0 amide bonds. The van der Waals surface area contributed by atoms with Gasteiger partial charge in [0.15, 0.2) is 0 Å². The van der Waals surface area contributed by atoms with Gasteiger partial charge in [0.05, 0.1) is 12.3 Å². The van der Waals surface area contributed by atoms with Crippen LogP contribution in [0.3, 0.4) is 0 Å². The predicted octanol–water partition coefficient (Wildman–Crippen LogP) is 1.28. The molecular formula is C10H12F2N2O2. The van der Waals surface area contributed by atoms with Crippen molar-refractivity contribution in [3.8, 4) is 0 Å². The van der Waals surface area contributed by atoms with Gasteiger partial charge in [0.2, 0.25) is 0 Å². The number of hydrogen-bond acceptors (Lipinski definition) is 4. The number of esters is 1. The highest BCUT2D eigenvalue weighted by atomic mass is 19.3. The van der Waals surface area contributed by atoms with Crippen LogP contribution in [-0.4, -0.2) is 23.5 Å². The molecule has 1 heterocycles. The van der Waals surface area contributed by atoms with Crippen LogP contribution in [0.25, 0.3) is 0 Å². The molecule has 0 aliphatic heterocycles. The van der Waals surface area contributed by atoms with E-state index < -0.39 is 17.9 Å². The number of rotatable bonds is 4. The number of carbonyl (C=O) groups is 1. The van der Waals surface area contributed by atoms with Crippen LogP contribution in [0, 0.1) is 0 Å². The summed E-state index contributed by atoms with van der Waals surface area (Å²) in [6, 6.07) is 2.62. The van der Waals surface area contributed by atoms with Gasteiger partial charge in [0.25, 0.3) is 0 Å². The summed E-state index contributed by atoms with van der Waals surface area (Å²) in [7, 11) is 0. The van der Waals surface area contributed by atoms with Crippen molar-refractivity contribution in [3.05, 3.63) is 30.1 Å². The number of alkyl halides is 2. The van der Waals surface area contributed by atoms with Crippen molar-refractivity contribution in [2.75, 3.05) is 6.61 Å². The SMILES string of the molecule is CCOC(=O)C(F)(F)[C@H](N)c1ccccn1. The molecule has 1 atom stereocenters. The van der Waals surface area contributed by atoms with E-state index in [-0.39, 0.29) is 12.3 Å². The van der Waals surface area contributed by atoms with E-state index in [2.05, 4.69) is 9.72 Å². The lowest BCUT2D eigenvalue weighted by molar-refractivity contribution is -0.175. The van der Waals surface area contributed by atoms with Gasteiger partial charge >= 0.3 is 11.9 Å². The van der Waals surface area contributed by atoms with Crippen molar-refractivity contribution in [1.82, 2.24) is 4.98 Å². The molecule has 0 unspecified atom stereocenters. The standard InChI is InChI=1S/C10H12F2N2O2/c1-2-16-9(15)10(11,12)8(13)7-5-3-4-6-14-7/h3-6,8H,2,13H2,1H3/t8-/m1/s1. The van der Waals surface area contributed by atoms with Crippen LogP contribution in [0.2, 0.25) is 0 Å². The van der Waals surface area contributed by atoms with Gasteiger partial charge in [-0.15, -0.1) is 0 Å². The monoisotopic (exact) mass is 230 g/mol. The van der Waals surface area contributed by atoms with E-state index in [0.29, 0.717) is 0 Å². The third-order valence-corrected chi connectivity index (χ3v) is 1.94. The van der Waals surface area contributed by atoms with Gasteiger partial charge in [-0.3, -0.25) is 4.98 Å². The maximum atomic E-state index is 13.4. The maximum absolute atomic E-state index is 13.4. The molecule has 0 saturated heterocycles. The molecular weight excluding hydrogens is 218 g/mol. The summed E-state index contributed by atoms with van der Waals surface area (Å²) < 4.78 is 31.1. The fraction of sp³-hybridized carbons (Fsp3) is 0.400. The Labute approximate surface area is 91.4 Å². The number of hydrogen-bond donors (Lipinski definition) is 1. The first-order valence-corrected chi connectivity index (χ1v) is 4.71. The van der Waals surface area contributed by atoms with Crippen LogP contribution >= 0.6 is 0 Å². The third-order valence-electron chi connectivity index (χ3n) is 1.94. The van der Waals surface area contributed by atoms with Gasteiger partial charge in [-0.25, -0.2) is 4.79 Å². The zero-order valence-corrected chi connectivity index (χ0v) is 8.69. The second-order valence-electron chi connectivity index (χ2n) is 3.08. The molecule has 0 aliphatic carbocycles. The zero-order valence-electron chi connectivity index (χ0n) is 8.69. The minimum absolute atomic E-state index is 0.0550. The Hall–Kier alpha value is -1.56. The van der Waals surface area contributed by atoms with Crippen LogP contribution in [0.5, 0.6) is 0 Å². The lowest BCUT2D eigenvalue weighted by Gasteiger charge is -2.20. The molecule has 6 heteroatoms. The van der Waals surface area contributed by atoms with E-state index in [1.165, 1.54) is 25.3 Å². The van der Waals surface area contributed by atoms with E-state index in [0.717, 1.165) is 0 Å². The number of nitrogens with zero attached hydrogens (tertiary/aromatic N) is 1. The lowest BCUT2D eigenvalue weighted by atomic mass is 10.1. The fourth-order valence-electron chi connectivity index (χ4n) is 1.10. The molecule has 1 aromatic heterocycles. The van der Waals surface area contributed by atoms with E-state index in [1.807, 2.05) is 0 Å². The molecule has 0 saturated carbocycles. The molecule has 2 N–H and O–H groups in total. The summed E-state index contributed by atoms with van der Waals surface area (Å²) >= 11 is 0. The molecule has 4 nitrogen and oxygen atoms in total. The number of aromatic nitrogens is 1. The predicted molar refractivity (Wildman–Crippen MR) is 52.7 cm³/mol. The molecule has 0 fully saturated rings. The van der Waals surface area contributed by atoms with Crippen molar-refractivity contribution < 1.29 is 18.3 Å². The molecule has 16 heavy (non-hydrogen) atoms. The highest BCUT2D eigenvalue weighted by Gasteiger charge is 2.48. The highest BCUT2D eigenvalue weighted by Crippen LogP contribution is 2.29. The zero-order chi connectivity index (χ0) is 12.2. The quantitative estimate of drug-likeness (QED) is 0.791. The fourth-order valence-corrected chi connectivity index (χ4v) is 1.10.